The van der Waals surface area contributed by atoms with Gasteiger partial charge < -0.3 is 5.11 Å². The summed E-state index contributed by atoms with van der Waals surface area (Å²) in [5.74, 6) is 0.972. The van der Waals surface area contributed by atoms with E-state index in [4.69, 9.17) is 0 Å². The van der Waals surface area contributed by atoms with Crippen LogP contribution in [0, 0.1) is 11.3 Å². The second-order valence-electron chi connectivity index (χ2n) is 5.46. The first-order valence-electron chi connectivity index (χ1n) is 6.45. The smallest absolute Gasteiger partial charge is 0.0596 e. The lowest BCUT2D eigenvalue weighted by molar-refractivity contribution is 0.0165. The van der Waals surface area contributed by atoms with Crippen LogP contribution in [0.15, 0.2) is 0 Å². The SMILES string of the molecule is CCC1(C(O)CCC2CC2)CCCC1. The predicted molar refractivity (Wildman–Crippen MR) is 59.2 cm³/mol. The molecule has 0 aromatic rings. The van der Waals surface area contributed by atoms with Gasteiger partial charge in [0.05, 0.1) is 6.10 Å². The van der Waals surface area contributed by atoms with Crippen LogP contribution in [0.2, 0.25) is 0 Å². The second kappa shape index (κ2) is 4.22. The molecule has 14 heavy (non-hydrogen) atoms. The van der Waals surface area contributed by atoms with Gasteiger partial charge in [-0.1, -0.05) is 32.6 Å². The summed E-state index contributed by atoms with van der Waals surface area (Å²) in [5.41, 5.74) is 0.314. The molecule has 0 heterocycles. The van der Waals surface area contributed by atoms with E-state index in [1.54, 1.807) is 0 Å². The highest BCUT2D eigenvalue weighted by atomic mass is 16.3. The second-order valence-corrected chi connectivity index (χ2v) is 5.46. The van der Waals surface area contributed by atoms with E-state index in [-0.39, 0.29) is 6.10 Å². The first-order chi connectivity index (χ1) is 6.77. The molecular formula is C13H24O. The number of hydrogen-bond acceptors (Lipinski definition) is 1. The van der Waals surface area contributed by atoms with Gasteiger partial charge >= 0.3 is 0 Å². The molecule has 1 N–H and O–H groups in total. The molecule has 0 spiro atoms. The summed E-state index contributed by atoms with van der Waals surface area (Å²) in [5, 5.41) is 10.3. The molecule has 2 saturated carbocycles. The third kappa shape index (κ3) is 2.13. The Balaban J connectivity index is 1.82. The van der Waals surface area contributed by atoms with Crippen molar-refractivity contribution in [2.24, 2.45) is 11.3 Å². The maximum atomic E-state index is 10.3. The largest absolute Gasteiger partial charge is 0.393 e. The summed E-state index contributed by atoms with van der Waals surface area (Å²) in [6, 6.07) is 0. The van der Waals surface area contributed by atoms with Crippen molar-refractivity contribution in [2.75, 3.05) is 0 Å². The predicted octanol–water partition coefficient (Wildman–Crippen LogP) is 3.51. The Labute approximate surface area is 87.9 Å². The van der Waals surface area contributed by atoms with E-state index >= 15 is 0 Å². The van der Waals surface area contributed by atoms with Crippen molar-refractivity contribution >= 4 is 0 Å². The molecule has 82 valence electrons. The molecule has 2 aliphatic rings. The average molecular weight is 196 g/mol. The van der Waals surface area contributed by atoms with E-state index in [1.807, 2.05) is 0 Å². The minimum atomic E-state index is -0.00407. The molecule has 0 bridgehead atoms. The molecule has 0 aromatic carbocycles. The summed E-state index contributed by atoms with van der Waals surface area (Å²) in [4.78, 5) is 0. The van der Waals surface area contributed by atoms with Gasteiger partial charge in [0, 0.05) is 0 Å². The molecule has 1 atom stereocenters. The topological polar surface area (TPSA) is 20.2 Å². The molecule has 1 heteroatoms. The Kier molecular flexibility index (Phi) is 3.16. The van der Waals surface area contributed by atoms with Gasteiger partial charge in [-0.05, 0) is 43.4 Å². The molecule has 0 radical (unpaired) electrons. The van der Waals surface area contributed by atoms with Crippen molar-refractivity contribution in [3.8, 4) is 0 Å². The van der Waals surface area contributed by atoms with Crippen LogP contribution in [0.1, 0.15) is 64.7 Å². The lowest BCUT2D eigenvalue weighted by Crippen LogP contribution is -2.32. The molecule has 2 rings (SSSR count). The van der Waals surface area contributed by atoms with E-state index in [1.165, 1.54) is 51.4 Å². The van der Waals surface area contributed by atoms with E-state index in [2.05, 4.69) is 6.92 Å². The Morgan fingerprint density at radius 3 is 2.43 bits per heavy atom. The molecule has 0 saturated heterocycles. The van der Waals surface area contributed by atoms with E-state index < -0.39 is 0 Å². The van der Waals surface area contributed by atoms with Crippen molar-refractivity contribution in [2.45, 2.75) is 70.8 Å². The number of aliphatic hydroxyl groups is 1. The van der Waals surface area contributed by atoms with Gasteiger partial charge in [-0.2, -0.15) is 0 Å². The Morgan fingerprint density at radius 2 is 1.93 bits per heavy atom. The van der Waals surface area contributed by atoms with Crippen molar-refractivity contribution in [1.29, 1.82) is 0 Å². The van der Waals surface area contributed by atoms with Crippen LogP contribution >= 0.6 is 0 Å². The molecule has 2 fully saturated rings. The van der Waals surface area contributed by atoms with Crippen LogP contribution in [0.25, 0.3) is 0 Å². The first-order valence-corrected chi connectivity index (χ1v) is 6.45. The maximum absolute atomic E-state index is 10.3. The molecule has 0 amide bonds. The molecule has 2 aliphatic carbocycles. The number of rotatable bonds is 5. The average Bonchev–Trinajstić information content (AvgIpc) is 2.90. The highest BCUT2D eigenvalue weighted by Crippen LogP contribution is 2.46. The van der Waals surface area contributed by atoms with E-state index in [0.29, 0.717) is 5.41 Å². The Bertz CT molecular complexity index is 178. The van der Waals surface area contributed by atoms with Gasteiger partial charge in [0.15, 0.2) is 0 Å². The monoisotopic (exact) mass is 196 g/mol. The van der Waals surface area contributed by atoms with Crippen LogP contribution in [0.5, 0.6) is 0 Å². The van der Waals surface area contributed by atoms with E-state index in [9.17, 15) is 5.11 Å². The third-order valence-electron chi connectivity index (χ3n) is 4.56. The fraction of sp³-hybridized carbons (Fsp3) is 1.00. The number of aliphatic hydroxyl groups excluding tert-OH is 1. The van der Waals surface area contributed by atoms with Gasteiger partial charge in [0.25, 0.3) is 0 Å². The quantitative estimate of drug-likeness (QED) is 0.713. The fourth-order valence-electron chi connectivity index (χ4n) is 3.11. The van der Waals surface area contributed by atoms with Crippen LogP contribution in [0.4, 0.5) is 0 Å². The summed E-state index contributed by atoms with van der Waals surface area (Å²) >= 11 is 0. The lowest BCUT2D eigenvalue weighted by atomic mass is 9.76. The Morgan fingerprint density at radius 1 is 1.29 bits per heavy atom. The Hall–Kier alpha value is -0.0400. The zero-order valence-corrected chi connectivity index (χ0v) is 9.47. The normalized spacial score (nSPS) is 27.9. The summed E-state index contributed by atoms with van der Waals surface area (Å²) in [7, 11) is 0. The van der Waals surface area contributed by atoms with Crippen LogP contribution < -0.4 is 0 Å². The highest BCUT2D eigenvalue weighted by Gasteiger charge is 2.39. The van der Waals surface area contributed by atoms with Gasteiger partial charge in [0.1, 0.15) is 0 Å². The van der Waals surface area contributed by atoms with Crippen LogP contribution in [-0.2, 0) is 0 Å². The molecule has 0 aromatic heterocycles. The molecule has 0 aliphatic heterocycles. The first kappa shape index (κ1) is 10.5. The highest BCUT2D eigenvalue weighted by molar-refractivity contribution is 4.90. The van der Waals surface area contributed by atoms with Crippen molar-refractivity contribution < 1.29 is 5.11 Å². The molecule has 1 unspecified atom stereocenters. The zero-order chi connectivity index (χ0) is 10.0. The molecule has 1 nitrogen and oxygen atoms in total. The zero-order valence-electron chi connectivity index (χ0n) is 9.47. The van der Waals surface area contributed by atoms with Crippen LogP contribution in [0.3, 0.4) is 0 Å². The summed E-state index contributed by atoms with van der Waals surface area (Å²) in [6.45, 7) is 2.26. The molecular weight excluding hydrogens is 172 g/mol. The maximum Gasteiger partial charge on any atom is 0.0596 e. The minimum absolute atomic E-state index is 0.00407. The van der Waals surface area contributed by atoms with Gasteiger partial charge in [-0.3, -0.25) is 0 Å². The number of hydrogen-bond donors (Lipinski definition) is 1. The van der Waals surface area contributed by atoms with E-state index in [0.717, 1.165) is 12.3 Å². The third-order valence-corrected chi connectivity index (χ3v) is 4.56. The van der Waals surface area contributed by atoms with Crippen molar-refractivity contribution in [3.63, 3.8) is 0 Å². The van der Waals surface area contributed by atoms with Crippen LogP contribution in [-0.4, -0.2) is 11.2 Å². The van der Waals surface area contributed by atoms with Crippen molar-refractivity contribution in [1.82, 2.24) is 0 Å². The van der Waals surface area contributed by atoms with Gasteiger partial charge in [-0.15, -0.1) is 0 Å². The fourth-order valence-corrected chi connectivity index (χ4v) is 3.11. The van der Waals surface area contributed by atoms with Gasteiger partial charge in [0.2, 0.25) is 0 Å². The standard InChI is InChI=1S/C13H24O/c1-2-13(9-3-4-10-13)12(14)8-7-11-5-6-11/h11-12,14H,2-10H2,1H3. The minimum Gasteiger partial charge on any atom is -0.393 e. The summed E-state index contributed by atoms with van der Waals surface area (Å²) < 4.78 is 0. The summed E-state index contributed by atoms with van der Waals surface area (Å²) in [6.07, 6.45) is 11.6. The lowest BCUT2D eigenvalue weighted by Gasteiger charge is -2.33. The van der Waals surface area contributed by atoms with Crippen molar-refractivity contribution in [3.05, 3.63) is 0 Å². The van der Waals surface area contributed by atoms with Gasteiger partial charge in [-0.25, -0.2) is 0 Å².